The van der Waals surface area contributed by atoms with Gasteiger partial charge >= 0.3 is 12.1 Å². The SMILES string of the molecule is COC(=O)COn1c(C(F)(F)F)nc2c(Cl)cc(Cl)c(Cl)c21. The highest BCUT2D eigenvalue weighted by atomic mass is 35.5. The zero-order valence-electron chi connectivity index (χ0n) is 10.7. The molecule has 11 heteroatoms. The van der Waals surface area contributed by atoms with E-state index in [0.717, 1.165) is 13.2 Å². The van der Waals surface area contributed by atoms with Gasteiger partial charge in [-0.15, -0.1) is 0 Å². The van der Waals surface area contributed by atoms with Gasteiger partial charge in [-0.2, -0.15) is 17.9 Å². The van der Waals surface area contributed by atoms with Gasteiger partial charge in [0.25, 0.3) is 5.82 Å². The summed E-state index contributed by atoms with van der Waals surface area (Å²) in [5.41, 5.74) is -0.552. The Morgan fingerprint density at radius 1 is 1.32 bits per heavy atom. The highest BCUT2D eigenvalue weighted by Crippen LogP contribution is 2.39. The first-order valence-electron chi connectivity index (χ1n) is 5.50. The lowest BCUT2D eigenvalue weighted by molar-refractivity contribution is -0.160. The standard InChI is InChI=1S/C11H6Cl3F3N2O3/c1-21-6(20)3-22-19-9-7(14)4(12)2-5(13)8(9)18-10(19)11(15,16)17/h2H,3H2,1H3. The molecule has 0 radical (unpaired) electrons. The molecule has 0 N–H and O–H groups in total. The average molecular weight is 378 g/mol. The third-order valence-corrected chi connectivity index (χ3v) is 3.59. The number of carbonyl (C=O) groups is 1. The van der Waals surface area contributed by atoms with Crippen molar-refractivity contribution in [3.05, 3.63) is 27.0 Å². The Bertz CT molecular complexity index is 746. The molecule has 1 heterocycles. The summed E-state index contributed by atoms with van der Waals surface area (Å²) in [7, 11) is 1.06. The van der Waals surface area contributed by atoms with Crippen molar-refractivity contribution in [2.75, 3.05) is 13.7 Å². The average Bonchev–Trinajstić information content (AvgIpc) is 2.82. The van der Waals surface area contributed by atoms with Crippen LogP contribution in [-0.4, -0.2) is 29.4 Å². The van der Waals surface area contributed by atoms with Gasteiger partial charge in [-0.05, 0) is 6.07 Å². The Hall–Kier alpha value is -1.38. The first kappa shape index (κ1) is 17.0. The van der Waals surface area contributed by atoms with Crippen molar-refractivity contribution in [2.45, 2.75) is 6.18 Å². The number of carbonyl (C=O) groups excluding carboxylic acids is 1. The van der Waals surface area contributed by atoms with Crippen LogP contribution in [0.1, 0.15) is 5.82 Å². The van der Waals surface area contributed by atoms with Crippen molar-refractivity contribution in [1.29, 1.82) is 0 Å². The number of ether oxygens (including phenoxy) is 1. The van der Waals surface area contributed by atoms with Crippen LogP contribution in [0.25, 0.3) is 11.0 Å². The lowest BCUT2D eigenvalue weighted by atomic mass is 10.3. The third-order valence-electron chi connectivity index (χ3n) is 2.53. The second-order valence-electron chi connectivity index (χ2n) is 3.93. The maximum atomic E-state index is 13.1. The molecule has 0 bridgehead atoms. The lowest BCUT2D eigenvalue weighted by Gasteiger charge is -2.12. The minimum Gasteiger partial charge on any atom is -0.466 e. The highest BCUT2D eigenvalue weighted by molar-refractivity contribution is 6.47. The fourth-order valence-corrected chi connectivity index (χ4v) is 2.32. The van der Waals surface area contributed by atoms with Gasteiger partial charge in [0.15, 0.2) is 0 Å². The second-order valence-corrected chi connectivity index (χ2v) is 5.12. The summed E-state index contributed by atoms with van der Waals surface area (Å²) < 4.78 is 43.7. The molecule has 1 aromatic carbocycles. The van der Waals surface area contributed by atoms with Crippen LogP contribution >= 0.6 is 34.8 Å². The van der Waals surface area contributed by atoms with Crippen molar-refractivity contribution in [3.63, 3.8) is 0 Å². The van der Waals surface area contributed by atoms with E-state index in [0.29, 0.717) is 0 Å². The zero-order chi connectivity index (χ0) is 16.7. The summed E-state index contributed by atoms with van der Waals surface area (Å²) >= 11 is 17.5. The predicted molar refractivity (Wildman–Crippen MR) is 73.2 cm³/mol. The van der Waals surface area contributed by atoms with Crippen LogP contribution in [0, 0.1) is 0 Å². The van der Waals surface area contributed by atoms with Crippen LogP contribution in [0.5, 0.6) is 0 Å². The molecule has 0 aliphatic rings. The van der Waals surface area contributed by atoms with Crippen molar-refractivity contribution < 1.29 is 27.5 Å². The molecule has 2 rings (SSSR count). The van der Waals surface area contributed by atoms with Gasteiger partial charge in [-0.1, -0.05) is 34.8 Å². The summed E-state index contributed by atoms with van der Waals surface area (Å²) in [6, 6.07) is 1.16. The molecular formula is C11H6Cl3F3N2O3. The molecule has 0 aliphatic carbocycles. The van der Waals surface area contributed by atoms with Gasteiger partial charge in [0.2, 0.25) is 6.61 Å². The minimum absolute atomic E-state index is 0.0873. The van der Waals surface area contributed by atoms with Crippen LogP contribution in [0.15, 0.2) is 6.07 Å². The maximum absolute atomic E-state index is 13.1. The van der Waals surface area contributed by atoms with Gasteiger partial charge in [0, 0.05) is 0 Å². The van der Waals surface area contributed by atoms with E-state index in [1.54, 1.807) is 0 Å². The monoisotopic (exact) mass is 376 g/mol. The Morgan fingerprint density at radius 2 is 1.95 bits per heavy atom. The number of rotatable bonds is 3. The first-order valence-corrected chi connectivity index (χ1v) is 6.63. The van der Waals surface area contributed by atoms with Crippen molar-refractivity contribution in [1.82, 2.24) is 9.71 Å². The highest BCUT2D eigenvalue weighted by Gasteiger charge is 2.40. The van der Waals surface area contributed by atoms with Crippen LogP contribution in [0.3, 0.4) is 0 Å². The number of alkyl halides is 3. The molecule has 0 saturated carbocycles. The fourth-order valence-electron chi connectivity index (χ4n) is 1.60. The molecular weight excluding hydrogens is 371 g/mol. The van der Waals surface area contributed by atoms with E-state index in [1.807, 2.05) is 0 Å². The van der Waals surface area contributed by atoms with Gasteiger partial charge in [0.05, 0.1) is 22.2 Å². The summed E-state index contributed by atoms with van der Waals surface area (Å²) in [6.45, 7) is -0.786. The first-order chi connectivity index (χ1) is 10.2. The van der Waals surface area contributed by atoms with E-state index >= 15 is 0 Å². The molecule has 120 valence electrons. The molecule has 0 fully saturated rings. The normalized spacial score (nSPS) is 11.8. The van der Waals surface area contributed by atoms with Crippen molar-refractivity contribution in [3.8, 4) is 0 Å². The Balaban J connectivity index is 2.70. The third kappa shape index (κ3) is 3.04. The van der Waals surface area contributed by atoms with Gasteiger partial charge in [-0.25, -0.2) is 9.78 Å². The van der Waals surface area contributed by atoms with E-state index in [4.69, 9.17) is 39.6 Å². The maximum Gasteiger partial charge on any atom is 0.453 e. The summed E-state index contributed by atoms with van der Waals surface area (Å²) in [4.78, 5) is 19.3. The number of hydrogen-bond donors (Lipinski definition) is 0. The molecule has 0 unspecified atom stereocenters. The number of imidazole rings is 1. The number of halogens is 6. The smallest absolute Gasteiger partial charge is 0.453 e. The minimum atomic E-state index is -4.87. The number of benzene rings is 1. The van der Waals surface area contributed by atoms with Crippen molar-refractivity contribution in [2.24, 2.45) is 0 Å². The van der Waals surface area contributed by atoms with Crippen LogP contribution in [-0.2, 0) is 15.7 Å². The van der Waals surface area contributed by atoms with Crippen LogP contribution in [0.4, 0.5) is 13.2 Å². The zero-order valence-corrected chi connectivity index (χ0v) is 12.9. The Labute approximate surface area is 136 Å². The van der Waals surface area contributed by atoms with E-state index < -0.39 is 24.6 Å². The van der Waals surface area contributed by atoms with Crippen LogP contribution < -0.4 is 4.84 Å². The van der Waals surface area contributed by atoms with Crippen molar-refractivity contribution >= 4 is 51.8 Å². The quantitative estimate of drug-likeness (QED) is 0.606. The molecule has 0 atom stereocenters. The Kier molecular flexibility index (Phi) is 4.65. The Morgan fingerprint density at radius 3 is 2.50 bits per heavy atom. The fraction of sp³-hybridized carbons (Fsp3) is 0.273. The molecule has 1 aromatic heterocycles. The molecule has 0 saturated heterocycles. The number of fused-ring (bicyclic) bond motifs is 1. The van der Waals surface area contributed by atoms with Gasteiger partial charge < -0.3 is 9.57 Å². The molecule has 0 aliphatic heterocycles. The number of esters is 1. The summed E-state index contributed by atoms with van der Waals surface area (Å²) in [6.07, 6.45) is -4.87. The lowest BCUT2D eigenvalue weighted by Crippen LogP contribution is -2.25. The predicted octanol–water partition coefficient (Wildman–Crippen LogP) is 3.62. The second kappa shape index (κ2) is 6.02. The van der Waals surface area contributed by atoms with Gasteiger partial charge in [0.1, 0.15) is 11.0 Å². The summed E-state index contributed by atoms with van der Waals surface area (Å²) in [5, 5.41) is -0.472. The molecule has 5 nitrogen and oxygen atoms in total. The van der Waals surface area contributed by atoms with E-state index in [-0.39, 0.29) is 30.8 Å². The molecule has 0 amide bonds. The molecule has 22 heavy (non-hydrogen) atoms. The topological polar surface area (TPSA) is 53.4 Å². The molecule has 0 spiro atoms. The summed E-state index contributed by atoms with van der Waals surface area (Å²) in [5.74, 6) is -2.32. The number of methoxy groups -OCH3 is 1. The largest absolute Gasteiger partial charge is 0.466 e. The van der Waals surface area contributed by atoms with E-state index in [1.165, 1.54) is 0 Å². The number of aromatic nitrogens is 2. The van der Waals surface area contributed by atoms with Crippen LogP contribution in [0.2, 0.25) is 15.1 Å². The number of nitrogens with zero attached hydrogens (tertiary/aromatic N) is 2. The van der Waals surface area contributed by atoms with E-state index in [2.05, 4.69) is 9.72 Å². The molecule has 2 aromatic rings. The van der Waals surface area contributed by atoms with Gasteiger partial charge in [-0.3, -0.25) is 0 Å². The van der Waals surface area contributed by atoms with E-state index in [9.17, 15) is 18.0 Å². The number of hydrogen-bond acceptors (Lipinski definition) is 4.